The van der Waals surface area contributed by atoms with E-state index < -0.39 is 0 Å². The van der Waals surface area contributed by atoms with E-state index in [1.807, 2.05) is 57.2 Å². The molecule has 0 unspecified atom stereocenters. The Bertz CT molecular complexity index is 929. The molecule has 1 amide bonds. The minimum atomic E-state index is -0.307. The maximum absolute atomic E-state index is 12.5. The van der Waals surface area contributed by atoms with E-state index in [2.05, 4.69) is 15.5 Å². The summed E-state index contributed by atoms with van der Waals surface area (Å²) in [6, 6.07) is 13.1. The van der Waals surface area contributed by atoms with E-state index in [0.717, 1.165) is 23.2 Å². The van der Waals surface area contributed by atoms with E-state index in [4.69, 9.17) is 0 Å². The third kappa shape index (κ3) is 3.31. The molecule has 0 aliphatic carbocycles. The highest BCUT2D eigenvalue weighted by molar-refractivity contribution is 5.92. The lowest BCUT2D eigenvalue weighted by Crippen LogP contribution is -2.26. The van der Waals surface area contributed by atoms with Gasteiger partial charge >= 0.3 is 0 Å². The van der Waals surface area contributed by atoms with Gasteiger partial charge in [-0.05, 0) is 50.1 Å². The number of aryl methyl sites for hydroxylation is 2. The Morgan fingerprint density at radius 3 is 2.50 bits per heavy atom. The van der Waals surface area contributed by atoms with E-state index in [-0.39, 0.29) is 17.5 Å². The lowest BCUT2D eigenvalue weighted by atomic mass is 10.1. The first-order valence-corrected chi connectivity index (χ1v) is 8.68. The predicted octanol–water partition coefficient (Wildman–Crippen LogP) is 3.26. The zero-order valence-corrected chi connectivity index (χ0v) is 15.2. The summed E-state index contributed by atoms with van der Waals surface area (Å²) in [5.41, 5.74) is 3.49. The second-order valence-corrected chi connectivity index (χ2v) is 6.08. The average molecular weight is 350 g/mol. The number of hydrogen-bond acceptors (Lipinski definition) is 4. The first-order chi connectivity index (χ1) is 12.5. The molecule has 6 nitrogen and oxygen atoms in total. The molecule has 1 aromatic heterocycles. The van der Waals surface area contributed by atoms with Gasteiger partial charge in [0.1, 0.15) is 5.75 Å². The van der Waals surface area contributed by atoms with Crippen molar-refractivity contribution in [2.24, 2.45) is 0 Å². The lowest BCUT2D eigenvalue weighted by molar-refractivity contribution is 0.0943. The monoisotopic (exact) mass is 350 g/mol. The van der Waals surface area contributed by atoms with Gasteiger partial charge in [0, 0.05) is 12.2 Å². The second-order valence-electron chi connectivity index (χ2n) is 6.08. The smallest absolute Gasteiger partial charge is 0.289 e. The van der Waals surface area contributed by atoms with Crippen molar-refractivity contribution in [1.29, 1.82) is 0 Å². The summed E-state index contributed by atoms with van der Waals surface area (Å²) in [5, 5.41) is 21.4. The van der Waals surface area contributed by atoms with Crippen LogP contribution in [-0.2, 0) is 6.42 Å². The molecule has 2 aromatic carbocycles. The van der Waals surface area contributed by atoms with Crippen molar-refractivity contribution in [3.63, 3.8) is 0 Å². The zero-order valence-electron chi connectivity index (χ0n) is 15.2. The molecule has 0 radical (unpaired) electrons. The SMILES string of the molecule is CCNC(=O)c1nnc(-c2cc(CC)ccc2O)n1-c1ccc(C)cc1. The van der Waals surface area contributed by atoms with Crippen LogP contribution in [0.5, 0.6) is 5.75 Å². The quantitative estimate of drug-likeness (QED) is 0.740. The van der Waals surface area contributed by atoms with Crippen molar-refractivity contribution in [2.75, 3.05) is 6.54 Å². The van der Waals surface area contributed by atoms with Gasteiger partial charge in [-0.3, -0.25) is 9.36 Å². The Morgan fingerprint density at radius 2 is 1.85 bits per heavy atom. The van der Waals surface area contributed by atoms with E-state index in [9.17, 15) is 9.90 Å². The zero-order chi connectivity index (χ0) is 18.7. The second kappa shape index (κ2) is 7.39. The number of carbonyl (C=O) groups excluding carboxylic acids is 1. The van der Waals surface area contributed by atoms with Gasteiger partial charge in [-0.2, -0.15) is 0 Å². The number of aromatic hydroxyl groups is 1. The summed E-state index contributed by atoms with van der Waals surface area (Å²) in [4.78, 5) is 12.5. The fraction of sp³-hybridized carbons (Fsp3) is 0.250. The number of benzene rings is 2. The van der Waals surface area contributed by atoms with Gasteiger partial charge in [-0.1, -0.05) is 30.7 Å². The van der Waals surface area contributed by atoms with E-state index >= 15 is 0 Å². The number of amides is 1. The van der Waals surface area contributed by atoms with Crippen LogP contribution < -0.4 is 5.32 Å². The average Bonchev–Trinajstić information content (AvgIpc) is 3.08. The van der Waals surface area contributed by atoms with Gasteiger partial charge < -0.3 is 10.4 Å². The molecular formula is C20H22N4O2. The Balaban J connectivity index is 2.23. The molecular weight excluding hydrogens is 328 g/mol. The maximum atomic E-state index is 12.5. The summed E-state index contributed by atoms with van der Waals surface area (Å²) >= 11 is 0. The van der Waals surface area contributed by atoms with Crippen LogP contribution in [0.1, 0.15) is 35.6 Å². The molecule has 0 spiro atoms. The number of nitrogens with zero attached hydrogens (tertiary/aromatic N) is 3. The summed E-state index contributed by atoms with van der Waals surface area (Å²) in [5.74, 6) is 0.415. The molecule has 0 saturated heterocycles. The highest BCUT2D eigenvalue weighted by Crippen LogP contribution is 2.31. The summed E-state index contributed by atoms with van der Waals surface area (Å²) in [7, 11) is 0. The summed E-state index contributed by atoms with van der Waals surface area (Å²) in [6.07, 6.45) is 0.828. The number of hydrogen-bond donors (Lipinski definition) is 2. The van der Waals surface area contributed by atoms with E-state index in [1.165, 1.54) is 0 Å². The van der Waals surface area contributed by atoms with Crippen LogP contribution >= 0.6 is 0 Å². The summed E-state index contributed by atoms with van der Waals surface area (Å²) in [6.45, 7) is 6.38. The lowest BCUT2D eigenvalue weighted by Gasteiger charge is -2.12. The minimum absolute atomic E-state index is 0.102. The third-order valence-electron chi connectivity index (χ3n) is 4.21. The van der Waals surface area contributed by atoms with Crippen molar-refractivity contribution in [1.82, 2.24) is 20.1 Å². The fourth-order valence-corrected chi connectivity index (χ4v) is 2.77. The molecule has 26 heavy (non-hydrogen) atoms. The summed E-state index contributed by atoms with van der Waals surface area (Å²) < 4.78 is 1.68. The molecule has 0 fully saturated rings. The molecule has 6 heteroatoms. The minimum Gasteiger partial charge on any atom is -0.507 e. The Morgan fingerprint density at radius 1 is 1.12 bits per heavy atom. The van der Waals surface area contributed by atoms with Crippen molar-refractivity contribution < 1.29 is 9.90 Å². The molecule has 0 aliphatic heterocycles. The molecule has 3 rings (SSSR count). The normalized spacial score (nSPS) is 10.7. The first kappa shape index (κ1) is 17.7. The van der Waals surface area contributed by atoms with Gasteiger partial charge in [0.15, 0.2) is 5.82 Å². The Kier molecular flexibility index (Phi) is 5.02. The van der Waals surface area contributed by atoms with Crippen molar-refractivity contribution in [3.05, 3.63) is 59.4 Å². The standard InChI is InChI=1S/C20H22N4O2/c1-4-14-8-11-17(25)16(12-14)18-22-23-19(20(26)21-5-2)24(18)15-9-6-13(3)7-10-15/h6-12,25H,4-5H2,1-3H3,(H,21,26). The van der Waals surface area contributed by atoms with Gasteiger partial charge in [-0.15, -0.1) is 10.2 Å². The predicted molar refractivity (Wildman–Crippen MR) is 101 cm³/mol. The highest BCUT2D eigenvalue weighted by Gasteiger charge is 2.22. The number of nitrogens with one attached hydrogen (secondary N) is 1. The van der Waals surface area contributed by atoms with Gasteiger partial charge in [0.25, 0.3) is 5.91 Å². The van der Waals surface area contributed by atoms with Crippen LogP contribution in [0, 0.1) is 6.92 Å². The van der Waals surface area contributed by atoms with Crippen molar-refractivity contribution in [2.45, 2.75) is 27.2 Å². The highest BCUT2D eigenvalue weighted by atomic mass is 16.3. The Labute approximate surface area is 152 Å². The van der Waals surface area contributed by atoms with Crippen LogP contribution in [0.25, 0.3) is 17.1 Å². The number of aromatic nitrogens is 3. The number of phenols is 1. The number of phenolic OH excluding ortho intramolecular Hbond substituents is 1. The number of carbonyl (C=O) groups is 1. The van der Waals surface area contributed by atoms with Gasteiger partial charge in [0.2, 0.25) is 5.82 Å². The molecule has 1 heterocycles. The molecule has 0 atom stereocenters. The van der Waals surface area contributed by atoms with Crippen LogP contribution in [0.3, 0.4) is 0 Å². The van der Waals surface area contributed by atoms with E-state index in [1.54, 1.807) is 10.6 Å². The van der Waals surface area contributed by atoms with Crippen molar-refractivity contribution >= 4 is 5.91 Å². The molecule has 0 bridgehead atoms. The first-order valence-electron chi connectivity index (χ1n) is 8.68. The molecule has 2 N–H and O–H groups in total. The fourth-order valence-electron chi connectivity index (χ4n) is 2.77. The van der Waals surface area contributed by atoms with Crippen LogP contribution in [0.2, 0.25) is 0 Å². The topological polar surface area (TPSA) is 80.0 Å². The van der Waals surface area contributed by atoms with Crippen LogP contribution in [0.15, 0.2) is 42.5 Å². The largest absolute Gasteiger partial charge is 0.507 e. The Hall–Kier alpha value is -3.15. The maximum Gasteiger partial charge on any atom is 0.289 e. The van der Waals surface area contributed by atoms with Gasteiger partial charge in [0.05, 0.1) is 5.56 Å². The number of rotatable bonds is 5. The third-order valence-corrected chi connectivity index (χ3v) is 4.21. The molecule has 0 aliphatic rings. The van der Waals surface area contributed by atoms with Crippen LogP contribution in [0.4, 0.5) is 0 Å². The van der Waals surface area contributed by atoms with Crippen LogP contribution in [-0.4, -0.2) is 32.3 Å². The van der Waals surface area contributed by atoms with Crippen molar-refractivity contribution in [3.8, 4) is 22.8 Å². The van der Waals surface area contributed by atoms with E-state index in [0.29, 0.717) is 17.9 Å². The molecule has 134 valence electrons. The van der Waals surface area contributed by atoms with Gasteiger partial charge in [-0.25, -0.2) is 0 Å². The molecule has 3 aromatic rings. The molecule has 0 saturated carbocycles.